The summed E-state index contributed by atoms with van der Waals surface area (Å²) in [6.45, 7) is 3.39. The standard InChI is InChI=1S/C26H29BrN2O4S2/c1-20-13-15-34-25(20)18-28(16-21-6-3-2-4-7-21)26(30)19-29(17-23-8-5-14-33-23)35(31,32)24-11-9-22(27)10-12-24/h2-4,6-7,9-13,15,23H,5,8,14,16-19H2,1H3. The largest absolute Gasteiger partial charge is 0.377 e. The number of hydrogen-bond acceptors (Lipinski definition) is 5. The molecule has 186 valence electrons. The van der Waals surface area contributed by atoms with Crippen molar-refractivity contribution in [1.82, 2.24) is 9.21 Å². The summed E-state index contributed by atoms with van der Waals surface area (Å²) in [7, 11) is -3.89. The van der Waals surface area contributed by atoms with Gasteiger partial charge in [0.15, 0.2) is 0 Å². The molecule has 1 amide bonds. The Bertz CT molecular complexity index is 1220. The molecule has 1 aliphatic heterocycles. The second-order valence-corrected chi connectivity index (χ2v) is 12.5. The van der Waals surface area contributed by atoms with Crippen LogP contribution in [0.5, 0.6) is 0 Å². The quantitative estimate of drug-likeness (QED) is 0.332. The molecule has 0 spiro atoms. The van der Waals surface area contributed by atoms with Gasteiger partial charge in [0.25, 0.3) is 0 Å². The normalized spacial score (nSPS) is 16.0. The summed E-state index contributed by atoms with van der Waals surface area (Å²) >= 11 is 4.96. The van der Waals surface area contributed by atoms with Crippen molar-refractivity contribution in [2.45, 2.75) is 43.9 Å². The van der Waals surface area contributed by atoms with Gasteiger partial charge in [-0.15, -0.1) is 11.3 Å². The summed E-state index contributed by atoms with van der Waals surface area (Å²) in [6.07, 6.45) is 1.46. The van der Waals surface area contributed by atoms with Crippen LogP contribution < -0.4 is 0 Å². The Labute approximate surface area is 219 Å². The van der Waals surface area contributed by atoms with Gasteiger partial charge in [-0.1, -0.05) is 46.3 Å². The average Bonchev–Trinajstić information content (AvgIpc) is 3.51. The van der Waals surface area contributed by atoms with Crippen LogP contribution in [0.1, 0.15) is 28.8 Å². The molecule has 1 aliphatic rings. The number of carbonyl (C=O) groups excluding carboxylic acids is 1. The molecule has 6 nitrogen and oxygen atoms in total. The molecule has 1 fully saturated rings. The number of amides is 1. The van der Waals surface area contributed by atoms with Crippen LogP contribution >= 0.6 is 27.3 Å². The first-order valence-electron chi connectivity index (χ1n) is 11.5. The second kappa shape index (κ2) is 11.8. The number of sulfonamides is 1. The van der Waals surface area contributed by atoms with Crippen LogP contribution in [0, 0.1) is 6.92 Å². The maximum Gasteiger partial charge on any atom is 0.243 e. The van der Waals surface area contributed by atoms with E-state index < -0.39 is 10.0 Å². The first kappa shape index (κ1) is 26.0. The van der Waals surface area contributed by atoms with Crippen molar-refractivity contribution < 1.29 is 17.9 Å². The molecule has 0 radical (unpaired) electrons. The number of hydrogen-bond donors (Lipinski definition) is 0. The van der Waals surface area contributed by atoms with Crippen LogP contribution in [-0.4, -0.2) is 49.3 Å². The summed E-state index contributed by atoms with van der Waals surface area (Å²) < 4.78 is 35.0. The summed E-state index contributed by atoms with van der Waals surface area (Å²) in [5, 5.41) is 2.01. The van der Waals surface area contributed by atoms with E-state index in [1.807, 2.05) is 48.7 Å². The van der Waals surface area contributed by atoms with E-state index in [4.69, 9.17) is 4.74 Å². The topological polar surface area (TPSA) is 66.9 Å². The van der Waals surface area contributed by atoms with Gasteiger partial charge >= 0.3 is 0 Å². The molecular weight excluding hydrogens is 548 g/mol. The fourth-order valence-electron chi connectivity index (χ4n) is 4.05. The minimum absolute atomic E-state index is 0.154. The van der Waals surface area contributed by atoms with Crippen molar-refractivity contribution >= 4 is 43.2 Å². The second-order valence-electron chi connectivity index (χ2n) is 8.65. The van der Waals surface area contributed by atoms with Gasteiger partial charge in [-0.3, -0.25) is 4.79 Å². The molecule has 2 heterocycles. The number of thiophene rings is 1. The molecular formula is C26H29BrN2O4S2. The highest BCUT2D eigenvalue weighted by Gasteiger charge is 2.32. The number of benzene rings is 2. The zero-order valence-corrected chi connectivity index (χ0v) is 22.8. The fraction of sp³-hybridized carbons (Fsp3) is 0.346. The van der Waals surface area contributed by atoms with E-state index in [1.165, 1.54) is 4.31 Å². The zero-order valence-electron chi connectivity index (χ0n) is 19.6. The van der Waals surface area contributed by atoms with Crippen molar-refractivity contribution in [2.24, 2.45) is 0 Å². The summed E-state index contributed by atoms with van der Waals surface area (Å²) in [6, 6.07) is 18.3. The number of rotatable bonds is 10. The lowest BCUT2D eigenvalue weighted by Gasteiger charge is -2.28. The molecule has 0 N–H and O–H groups in total. The van der Waals surface area contributed by atoms with E-state index in [0.717, 1.165) is 33.3 Å². The number of aryl methyl sites for hydroxylation is 1. The van der Waals surface area contributed by atoms with Gasteiger partial charge in [0.2, 0.25) is 15.9 Å². The minimum atomic E-state index is -3.89. The molecule has 35 heavy (non-hydrogen) atoms. The third-order valence-electron chi connectivity index (χ3n) is 6.07. The van der Waals surface area contributed by atoms with E-state index in [0.29, 0.717) is 19.7 Å². The van der Waals surface area contributed by atoms with Gasteiger partial charge in [-0.25, -0.2) is 8.42 Å². The predicted molar refractivity (Wildman–Crippen MR) is 142 cm³/mol. The SMILES string of the molecule is Cc1ccsc1CN(Cc1ccccc1)C(=O)CN(CC1CCCO1)S(=O)(=O)c1ccc(Br)cc1. The first-order chi connectivity index (χ1) is 16.8. The lowest BCUT2D eigenvalue weighted by atomic mass is 10.2. The Kier molecular flexibility index (Phi) is 8.77. The molecule has 0 aliphatic carbocycles. The van der Waals surface area contributed by atoms with E-state index in [1.54, 1.807) is 40.5 Å². The number of nitrogens with zero attached hydrogens (tertiary/aromatic N) is 2. The van der Waals surface area contributed by atoms with Crippen LogP contribution in [0.4, 0.5) is 0 Å². The lowest BCUT2D eigenvalue weighted by Crippen LogP contribution is -2.45. The minimum Gasteiger partial charge on any atom is -0.377 e. The van der Waals surface area contributed by atoms with Gasteiger partial charge in [0, 0.05) is 29.0 Å². The average molecular weight is 578 g/mol. The molecule has 2 aromatic carbocycles. The predicted octanol–water partition coefficient (Wildman–Crippen LogP) is 5.22. The molecule has 1 aromatic heterocycles. The van der Waals surface area contributed by atoms with Crippen LogP contribution in [0.15, 0.2) is 75.4 Å². The summed E-state index contributed by atoms with van der Waals surface area (Å²) in [5.74, 6) is -0.236. The molecule has 1 saturated heterocycles. The van der Waals surface area contributed by atoms with Gasteiger partial charge in [0.05, 0.1) is 24.1 Å². The monoisotopic (exact) mass is 576 g/mol. The summed E-state index contributed by atoms with van der Waals surface area (Å²) in [5.41, 5.74) is 2.12. The highest BCUT2D eigenvalue weighted by molar-refractivity contribution is 9.10. The third-order valence-corrected chi connectivity index (χ3v) is 9.43. The molecule has 0 bridgehead atoms. The number of halogens is 1. The lowest BCUT2D eigenvalue weighted by molar-refractivity contribution is -0.132. The Morgan fingerprint density at radius 2 is 1.83 bits per heavy atom. The smallest absolute Gasteiger partial charge is 0.243 e. The first-order valence-corrected chi connectivity index (χ1v) is 14.7. The third kappa shape index (κ3) is 6.80. The van der Waals surface area contributed by atoms with E-state index in [9.17, 15) is 13.2 Å². The zero-order chi connectivity index (χ0) is 24.8. The van der Waals surface area contributed by atoms with Crippen LogP contribution in [0.25, 0.3) is 0 Å². The van der Waals surface area contributed by atoms with Crippen molar-refractivity contribution in [1.29, 1.82) is 0 Å². The fourth-order valence-corrected chi connectivity index (χ4v) is 6.65. The Morgan fingerprint density at radius 1 is 1.09 bits per heavy atom. The molecule has 1 atom stereocenters. The Morgan fingerprint density at radius 3 is 2.46 bits per heavy atom. The van der Waals surface area contributed by atoms with Crippen molar-refractivity contribution in [2.75, 3.05) is 19.7 Å². The van der Waals surface area contributed by atoms with Crippen LogP contribution in [-0.2, 0) is 32.6 Å². The van der Waals surface area contributed by atoms with Gasteiger partial charge in [0.1, 0.15) is 0 Å². The molecule has 0 saturated carbocycles. The summed E-state index contributed by atoms with van der Waals surface area (Å²) in [4.78, 5) is 16.7. The van der Waals surface area contributed by atoms with Gasteiger partial charge in [-0.05, 0) is 66.6 Å². The van der Waals surface area contributed by atoms with Gasteiger partial charge < -0.3 is 9.64 Å². The number of ether oxygens (including phenoxy) is 1. The van der Waals surface area contributed by atoms with Crippen LogP contribution in [0.2, 0.25) is 0 Å². The van der Waals surface area contributed by atoms with Gasteiger partial charge in [-0.2, -0.15) is 4.31 Å². The van der Waals surface area contributed by atoms with E-state index >= 15 is 0 Å². The van der Waals surface area contributed by atoms with Crippen LogP contribution in [0.3, 0.4) is 0 Å². The van der Waals surface area contributed by atoms with Crippen molar-refractivity contribution in [3.05, 3.63) is 86.5 Å². The maximum atomic E-state index is 13.7. The highest BCUT2D eigenvalue weighted by Crippen LogP contribution is 2.24. The van der Waals surface area contributed by atoms with Crippen molar-refractivity contribution in [3.63, 3.8) is 0 Å². The Balaban J connectivity index is 1.60. The molecule has 3 aromatic rings. The molecule has 1 unspecified atom stereocenters. The maximum absolute atomic E-state index is 13.7. The Hall–Kier alpha value is -2.04. The highest BCUT2D eigenvalue weighted by atomic mass is 79.9. The van der Waals surface area contributed by atoms with E-state index in [-0.39, 0.29) is 30.0 Å². The van der Waals surface area contributed by atoms with Crippen molar-refractivity contribution in [3.8, 4) is 0 Å². The molecule has 4 rings (SSSR count). The van der Waals surface area contributed by atoms with E-state index in [2.05, 4.69) is 15.9 Å². The number of carbonyl (C=O) groups is 1. The molecule has 9 heteroatoms.